The lowest BCUT2D eigenvalue weighted by atomic mass is 10.1. The number of rotatable bonds is 7. The Labute approximate surface area is 163 Å². The molecule has 2 aromatic carbocycles. The van der Waals surface area contributed by atoms with Crippen molar-refractivity contribution < 1.29 is 14.3 Å². The van der Waals surface area contributed by atoms with Crippen LogP contribution < -0.4 is 10.6 Å². The molecule has 0 fully saturated rings. The number of aromatic nitrogens is 2. The van der Waals surface area contributed by atoms with Crippen molar-refractivity contribution in [1.82, 2.24) is 20.4 Å². The van der Waals surface area contributed by atoms with E-state index in [0.29, 0.717) is 25.1 Å². The van der Waals surface area contributed by atoms with Gasteiger partial charge in [-0.1, -0.05) is 30.3 Å². The fraction of sp³-hybridized carbons (Fsp3) is 0.190. The number of urea groups is 1. The lowest BCUT2D eigenvalue weighted by Gasteiger charge is -2.08. The second-order valence-electron chi connectivity index (χ2n) is 6.18. The highest BCUT2D eigenvalue weighted by atomic mass is 16.5. The number of carbonyl (C=O) groups excluding carboxylic acids is 2. The van der Waals surface area contributed by atoms with Gasteiger partial charge in [0.2, 0.25) is 0 Å². The molecule has 28 heavy (non-hydrogen) atoms. The Kier molecular flexibility index (Phi) is 6.41. The van der Waals surface area contributed by atoms with Gasteiger partial charge in [-0.25, -0.2) is 14.3 Å². The second-order valence-corrected chi connectivity index (χ2v) is 6.18. The zero-order chi connectivity index (χ0) is 19.8. The van der Waals surface area contributed by atoms with E-state index in [1.807, 2.05) is 41.2 Å². The molecule has 0 atom stereocenters. The first kappa shape index (κ1) is 19.2. The van der Waals surface area contributed by atoms with Crippen molar-refractivity contribution in [3.8, 4) is 5.69 Å². The summed E-state index contributed by atoms with van der Waals surface area (Å²) in [7, 11) is 1.34. The molecule has 3 aromatic rings. The summed E-state index contributed by atoms with van der Waals surface area (Å²) < 4.78 is 6.47. The molecule has 1 heterocycles. The topological polar surface area (TPSA) is 85.2 Å². The maximum atomic E-state index is 11.9. The van der Waals surface area contributed by atoms with Crippen molar-refractivity contribution >= 4 is 12.0 Å². The first-order valence-electron chi connectivity index (χ1n) is 8.93. The SMILES string of the molecule is COC(=O)c1ccc(CNC(=O)NCCc2cnn(-c3ccccc3)c2)cc1. The third-order valence-corrected chi connectivity index (χ3v) is 4.18. The molecule has 7 heteroatoms. The van der Waals surface area contributed by atoms with Gasteiger partial charge in [0.25, 0.3) is 0 Å². The van der Waals surface area contributed by atoms with Crippen molar-refractivity contribution in [3.63, 3.8) is 0 Å². The molecule has 2 amide bonds. The second kappa shape index (κ2) is 9.36. The van der Waals surface area contributed by atoms with Gasteiger partial charge in [-0.05, 0) is 41.8 Å². The van der Waals surface area contributed by atoms with Crippen molar-refractivity contribution in [2.75, 3.05) is 13.7 Å². The fourth-order valence-corrected chi connectivity index (χ4v) is 2.65. The zero-order valence-corrected chi connectivity index (χ0v) is 15.6. The summed E-state index contributed by atoms with van der Waals surface area (Å²) in [6.07, 6.45) is 4.45. The van der Waals surface area contributed by atoms with Gasteiger partial charge in [0.05, 0.1) is 24.6 Å². The third-order valence-electron chi connectivity index (χ3n) is 4.18. The molecule has 0 unspecified atom stereocenters. The minimum Gasteiger partial charge on any atom is -0.465 e. The Morgan fingerprint density at radius 2 is 1.75 bits per heavy atom. The van der Waals surface area contributed by atoms with Gasteiger partial charge in [0.1, 0.15) is 0 Å². The van der Waals surface area contributed by atoms with Crippen LogP contribution in [0.4, 0.5) is 4.79 Å². The van der Waals surface area contributed by atoms with Crippen LogP contribution in [0.25, 0.3) is 5.69 Å². The van der Waals surface area contributed by atoms with Gasteiger partial charge in [0, 0.05) is 19.3 Å². The molecule has 0 aliphatic heterocycles. The van der Waals surface area contributed by atoms with E-state index in [-0.39, 0.29) is 12.0 Å². The minimum atomic E-state index is -0.382. The summed E-state index contributed by atoms with van der Waals surface area (Å²) in [4.78, 5) is 23.3. The van der Waals surface area contributed by atoms with Crippen molar-refractivity contribution in [3.05, 3.63) is 83.7 Å². The fourth-order valence-electron chi connectivity index (χ4n) is 2.65. The summed E-state index contributed by atoms with van der Waals surface area (Å²) in [5.41, 5.74) is 3.42. The maximum absolute atomic E-state index is 11.9. The zero-order valence-electron chi connectivity index (χ0n) is 15.6. The summed E-state index contributed by atoms with van der Waals surface area (Å²) in [6.45, 7) is 0.882. The molecule has 0 saturated heterocycles. The first-order chi connectivity index (χ1) is 13.7. The number of ether oxygens (including phenoxy) is 1. The summed E-state index contributed by atoms with van der Waals surface area (Å²) in [6, 6.07) is 16.5. The van der Waals surface area contributed by atoms with Gasteiger partial charge < -0.3 is 15.4 Å². The number of hydrogen-bond donors (Lipinski definition) is 2. The number of hydrogen-bond acceptors (Lipinski definition) is 4. The van der Waals surface area contributed by atoms with E-state index in [1.165, 1.54) is 7.11 Å². The lowest BCUT2D eigenvalue weighted by molar-refractivity contribution is 0.0600. The molecule has 0 aliphatic carbocycles. The smallest absolute Gasteiger partial charge is 0.337 e. The van der Waals surface area contributed by atoms with Gasteiger partial charge >= 0.3 is 12.0 Å². The van der Waals surface area contributed by atoms with E-state index in [1.54, 1.807) is 30.5 Å². The van der Waals surface area contributed by atoms with E-state index in [9.17, 15) is 9.59 Å². The van der Waals surface area contributed by atoms with Gasteiger partial charge in [-0.15, -0.1) is 0 Å². The Bertz CT molecular complexity index is 920. The predicted octanol–water partition coefficient (Wildman–Crippen LogP) is 2.70. The number of amides is 2. The van der Waals surface area contributed by atoms with E-state index < -0.39 is 0 Å². The van der Waals surface area contributed by atoms with Crippen LogP contribution in [0.15, 0.2) is 67.0 Å². The van der Waals surface area contributed by atoms with Gasteiger partial charge in [-0.3, -0.25) is 0 Å². The Morgan fingerprint density at radius 3 is 2.46 bits per heavy atom. The number of carbonyl (C=O) groups is 2. The number of para-hydroxylation sites is 1. The van der Waals surface area contributed by atoms with Crippen LogP contribution in [-0.2, 0) is 17.7 Å². The highest BCUT2D eigenvalue weighted by Gasteiger charge is 2.06. The number of benzene rings is 2. The molecular formula is C21H22N4O3. The molecule has 7 nitrogen and oxygen atoms in total. The summed E-state index contributed by atoms with van der Waals surface area (Å²) >= 11 is 0. The van der Waals surface area contributed by atoms with Gasteiger partial charge in [-0.2, -0.15) is 5.10 Å². The van der Waals surface area contributed by atoms with Crippen molar-refractivity contribution in [2.24, 2.45) is 0 Å². The molecule has 2 N–H and O–H groups in total. The average Bonchev–Trinajstić information content (AvgIpc) is 3.21. The molecule has 0 saturated carbocycles. The Morgan fingerprint density at radius 1 is 1.00 bits per heavy atom. The number of nitrogens with zero attached hydrogens (tertiary/aromatic N) is 2. The number of methoxy groups -OCH3 is 1. The van der Waals surface area contributed by atoms with E-state index in [0.717, 1.165) is 16.8 Å². The highest BCUT2D eigenvalue weighted by molar-refractivity contribution is 5.89. The van der Waals surface area contributed by atoms with Crippen LogP contribution in [0.3, 0.4) is 0 Å². The first-order valence-corrected chi connectivity index (χ1v) is 8.93. The average molecular weight is 378 g/mol. The van der Waals surface area contributed by atoms with Crippen LogP contribution in [0.2, 0.25) is 0 Å². The number of esters is 1. The van der Waals surface area contributed by atoms with Crippen LogP contribution >= 0.6 is 0 Å². The predicted molar refractivity (Wildman–Crippen MR) is 105 cm³/mol. The third kappa shape index (κ3) is 5.20. The molecule has 0 radical (unpaired) electrons. The quantitative estimate of drug-likeness (QED) is 0.619. The Balaban J connectivity index is 1.40. The largest absolute Gasteiger partial charge is 0.465 e. The summed E-state index contributed by atoms with van der Waals surface area (Å²) in [5.74, 6) is -0.382. The molecule has 1 aromatic heterocycles. The van der Waals surface area contributed by atoms with E-state index >= 15 is 0 Å². The standard InChI is InChI=1S/C21H22N4O3/c1-28-20(26)18-9-7-16(8-10-18)13-23-21(27)22-12-11-17-14-24-25(15-17)19-5-3-2-4-6-19/h2-10,14-15H,11-13H2,1H3,(H2,22,23,27). The van der Waals surface area contributed by atoms with Crippen LogP contribution in [0.5, 0.6) is 0 Å². The van der Waals surface area contributed by atoms with Gasteiger partial charge in [0.15, 0.2) is 0 Å². The van der Waals surface area contributed by atoms with Crippen molar-refractivity contribution in [2.45, 2.75) is 13.0 Å². The van der Waals surface area contributed by atoms with Crippen LogP contribution in [0.1, 0.15) is 21.5 Å². The van der Waals surface area contributed by atoms with Crippen LogP contribution in [0, 0.1) is 0 Å². The lowest BCUT2D eigenvalue weighted by Crippen LogP contribution is -2.36. The minimum absolute atomic E-state index is 0.243. The van der Waals surface area contributed by atoms with Crippen LogP contribution in [-0.4, -0.2) is 35.4 Å². The molecule has 144 valence electrons. The molecule has 0 spiro atoms. The normalized spacial score (nSPS) is 10.3. The molecule has 0 aliphatic rings. The van der Waals surface area contributed by atoms with E-state index in [2.05, 4.69) is 20.5 Å². The summed E-state index contributed by atoms with van der Waals surface area (Å²) in [5, 5.41) is 9.96. The van der Waals surface area contributed by atoms with Crippen molar-refractivity contribution in [1.29, 1.82) is 0 Å². The maximum Gasteiger partial charge on any atom is 0.337 e. The highest BCUT2D eigenvalue weighted by Crippen LogP contribution is 2.08. The monoisotopic (exact) mass is 378 g/mol. The Hall–Kier alpha value is -3.61. The molecular weight excluding hydrogens is 356 g/mol. The number of nitrogens with one attached hydrogen (secondary N) is 2. The van der Waals surface area contributed by atoms with E-state index in [4.69, 9.17) is 0 Å². The molecule has 0 bridgehead atoms. The molecule has 3 rings (SSSR count).